The van der Waals surface area contributed by atoms with Crippen LogP contribution in [0.15, 0.2) is 35.3 Å². The van der Waals surface area contributed by atoms with Crippen molar-refractivity contribution in [2.24, 2.45) is 0 Å². The average Bonchev–Trinajstić information content (AvgIpc) is 2.81. The Hall–Kier alpha value is -1.29. The molecular weight excluding hydrogens is 377 g/mol. The lowest BCUT2D eigenvalue weighted by molar-refractivity contribution is -0.0534. The summed E-state index contributed by atoms with van der Waals surface area (Å²) in [6.07, 6.45) is -4.03. The smallest absolute Gasteiger partial charge is 0.387 e. The number of benzene rings is 1. The van der Waals surface area contributed by atoms with Crippen LogP contribution in [0.5, 0.6) is 0 Å². The fourth-order valence-corrected chi connectivity index (χ4v) is 3.21. The second-order valence-electron chi connectivity index (χ2n) is 5.59. The van der Waals surface area contributed by atoms with Crippen molar-refractivity contribution >= 4 is 30.2 Å². The molecule has 0 saturated carbocycles. The summed E-state index contributed by atoms with van der Waals surface area (Å²) in [6, 6.07) is 6.39. The molecule has 3 rings (SSSR count). The van der Waals surface area contributed by atoms with E-state index in [9.17, 15) is 19.6 Å². The number of hydrogen-bond donors (Lipinski definition) is 4. The van der Waals surface area contributed by atoms with Crippen LogP contribution in [0.25, 0.3) is 10.8 Å². The van der Waals surface area contributed by atoms with Crippen LogP contribution in [0.1, 0.15) is 6.23 Å². The molecule has 0 spiro atoms. The van der Waals surface area contributed by atoms with Gasteiger partial charge in [-0.05, 0) is 23.6 Å². The molecule has 0 bridgehead atoms. The van der Waals surface area contributed by atoms with Gasteiger partial charge in [0.15, 0.2) is 6.23 Å². The number of rotatable bonds is 4. The molecule has 1 aromatic heterocycles. The average molecular weight is 392 g/mol. The summed E-state index contributed by atoms with van der Waals surface area (Å²) in [5.74, 6) is 0. The Morgan fingerprint density at radius 2 is 1.96 bits per heavy atom. The molecular formula is C14H15ClNO8P. The summed E-state index contributed by atoms with van der Waals surface area (Å²) in [5.41, 5.74) is -0.493. The first kappa shape index (κ1) is 18.5. The third-order valence-corrected chi connectivity index (χ3v) is 4.63. The van der Waals surface area contributed by atoms with Crippen LogP contribution >= 0.6 is 19.4 Å². The first-order chi connectivity index (χ1) is 11.7. The van der Waals surface area contributed by atoms with E-state index in [1.165, 1.54) is 12.3 Å². The van der Waals surface area contributed by atoms with Gasteiger partial charge in [0.2, 0.25) is 0 Å². The van der Waals surface area contributed by atoms with Crippen LogP contribution < -0.4 is 5.56 Å². The second kappa shape index (κ2) is 6.79. The molecule has 1 aliphatic heterocycles. The van der Waals surface area contributed by atoms with Crippen LogP contribution in [-0.4, -0.2) is 49.5 Å². The van der Waals surface area contributed by atoms with Gasteiger partial charge >= 0.3 is 7.82 Å². The molecule has 25 heavy (non-hydrogen) atoms. The number of hydrogen-bond acceptors (Lipinski definition) is 6. The lowest BCUT2D eigenvalue weighted by Crippen LogP contribution is -2.35. The number of ether oxygens (including phenoxy) is 1. The van der Waals surface area contributed by atoms with Crippen LogP contribution in [0.3, 0.4) is 0 Å². The van der Waals surface area contributed by atoms with E-state index in [-0.39, 0.29) is 0 Å². The van der Waals surface area contributed by atoms with Crippen molar-refractivity contribution < 1.29 is 33.8 Å². The first-order valence-electron chi connectivity index (χ1n) is 7.19. The maximum atomic E-state index is 12.6. The Bertz CT molecular complexity index is 896. The summed E-state index contributed by atoms with van der Waals surface area (Å²) in [6.45, 7) is -0.646. The predicted octanol–water partition coefficient (Wildman–Crippen LogP) is 0.383. The zero-order chi connectivity index (χ0) is 18.4. The minimum Gasteiger partial charge on any atom is -0.387 e. The van der Waals surface area contributed by atoms with E-state index in [0.29, 0.717) is 15.8 Å². The molecule has 1 fully saturated rings. The summed E-state index contributed by atoms with van der Waals surface area (Å²) in [7, 11) is -4.76. The Morgan fingerprint density at radius 1 is 1.24 bits per heavy atom. The van der Waals surface area contributed by atoms with Gasteiger partial charge in [0.25, 0.3) is 5.56 Å². The standard InChI is InChI=1S/C14H15ClNO8P/c15-8-2-1-7-3-4-16(13(19)9(7)5-8)14-12(18)11(17)10(24-14)6-23-25(20,21)22/h1-5,10-12,14,17-18H,6H2,(H2,20,21,22)/t10-,11+,12-,14-/m1/s1. The number of phosphoric acid groups is 1. The molecule has 136 valence electrons. The molecule has 0 unspecified atom stereocenters. The predicted molar refractivity (Wildman–Crippen MR) is 87.1 cm³/mol. The van der Waals surface area contributed by atoms with Crippen LogP contribution in [0.2, 0.25) is 5.02 Å². The number of nitrogens with zero attached hydrogens (tertiary/aromatic N) is 1. The number of halogens is 1. The van der Waals surface area contributed by atoms with Crippen molar-refractivity contribution in [2.45, 2.75) is 24.5 Å². The van der Waals surface area contributed by atoms with Crippen molar-refractivity contribution in [1.29, 1.82) is 0 Å². The number of aliphatic hydroxyl groups is 2. The molecule has 11 heteroatoms. The molecule has 2 heterocycles. The third-order valence-electron chi connectivity index (χ3n) is 3.91. The topological polar surface area (TPSA) is 138 Å². The van der Waals surface area contributed by atoms with Crippen molar-refractivity contribution in [3.05, 3.63) is 45.8 Å². The number of fused-ring (bicyclic) bond motifs is 1. The van der Waals surface area contributed by atoms with E-state index in [0.717, 1.165) is 4.57 Å². The van der Waals surface area contributed by atoms with Gasteiger partial charge in [-0.15, -0.1) is 0 Å². The van der Waals surface area contributed by atoms with E-state index in [2.05, 4.69) is 4.52 Å². The highest BCUT2D eigenvalue weighted by atomic mass is 35.5. The van der Waals surface area contributed by atoms with Crippen molar-refractivity contribution in [2.75, 3.05) is 6.61 Å². The second-order valence-corrected chi connectivity index (χ2v) is 7.27. The summed E-state index contributed by atoms with van der Waals surface area (Å²) in [5, 5.41) is 21.4. The Morgan fingerprint density at radius 3 is 2.64 bits per heavy atom. The molecule has 1 saturated heterocycles. The van der Waals surface area contributed by atoms with Gasteiger partial charge in [-0.2, -0.15) is 0 Å². The van der Waals surface area contributed by atoms with E-state index < -0.39 is 44.5 Å². The van der Waals surface area contributed by atoms with Crippen molar-refractivity contribution in [1.82, 2.24) is 4.57 Å². The highest BCUT2D eigenvalue weighted by Gasteiger charge is 2.44. The lowest BCUT2D eigenvalue weighted by Gasteiger charge is -2.18. The van der Waals surface area contributed by atoms with Crippen LogP contribution in [0, 0.1) is 0 Å². The number of pyridine rings is 1. The third kappa shape index (κ3) is 3.79. The fraction of sp³-hybridized carbons (Fsp3) is 0.357. The first-order valence-corrected chi connectivity index (χ1v) is 9.10. The Balaban J connectivity index is 1.91. The quantitative estimate of drug-likeness (QED) is 0.549. The fourth-order valence-electron chi connectivity index (χ4n) is 2.69. The van der Waals surface area contributed by atoms with E-state index in [1.807, 2.05) is 0 Å². The maximum Gasteiger partial charge on any atom is 0.469 e. The monoisotopic (exact) mass is 391 g/mol. The van der Waals surface area contributed by atoms with E-state index in [4.69, 9.17) is 26.1 Å². The largest absolute Gasteiger partial charge is 0.469 e. The minimum atomic E-state index is -4.76. The van der Waals surface area contributed by atoms with Gasteiger partial charge in [0.05, 0.1) is 6.61 Å². The molecule has 2 aromatic rings. The van der Waals surface area contributed by atoms with Gasteiger partial charge in [-0.1, -0.05) is 17.7 Å². The highest BCUT2D eigenvalue weighted by Crippen LogP contribution is 2.38. The highest BCUT2D eigenvalue weighted by molar-refractivity contribution is 7.46. The summed E-state index contributed by atoms with van der Waals surface area (Å²) in [4.78, 5) is 30.1. The number of phosphoric ester groups is 1. The van der Waals surface area contributed by atoms with Gasteiger partial charge in [0.1, 0.15) is 18.3 Å². The van der Waals surface area contributed by atoms with E-state index in [1.54, 1.807) is 18.2 Å². The van der Waals surface area contributed by atoms with E-state index >= 15 is 0 Å². The SMILES string of the molecule is O=c1c2cc(Cl)ccc2ccn1[C@@H]1O[C@H](COP(=O)(O)O)[C@H](O)[C@H]1O. The maximum absolute atomic E-state index is 12.6. The minimum absolute atomic E-state index is 0.301. The van der Waals surface area contributed by atoms with Gasteiger partial charge in [-0.3, -0.25) is 13.9 Å². The molecule has 0 amide bonds. The number of aromatic nitrogens is 1. The summed E-state index contributed by atoms with van der Waals surface area (Å²) < 4.78 is 21.5. The Kier molecular flexibility index (Phi) is 5.02. The van der Waals surface area contributed by atoms with Crippen LogP contribution in [-0.2, 0) is 13.8 Å². The molecule has 1 aromatic carbocycles. The molecule has 4 N–H and O–H groups in total. The zero-order valence-corrected chi connectivity index (χ0v) is 14.2. The number of aliphatic hydroxyl groups excluding tert-OH is 2. The van der Waals surface area contributed by atoms with Crippen molar-refractivity contribution in [3.63, 3.8) is 0 Å². The van der Waals surface area contributed by atoms with Crippen LogP contribution in [0.4, 0.5) is 0 Å². The Labute approximate surface area is 146 Å². The zero-order valence-electron chi connectivity index (χ0n) is 12.6. The van der Waals surface area contributed by atoms with Gasteiger partial charge in [-0.25, -0.2) is 4.57 Å². The molecule has 4 atom stereocenters. The molecule has 1 aliphatic rings. The van der Waals surface area contributed by atoms with Gasteiger partial charge < -0.3 is 24.7 Å². The summed E-state index contributed by atoms with van der Waals surface area (Å²) >= 11 is 5.90. The molecule has 0 aliphatic carbocycles. The lowest BCUT2D eigenvalue weighted by atomic mass is 10.1. The molecule has 9 nitrogen and oxygen atoms in total. The molecule has 0 radical (unpaired) electrons. The van der Waals surface area contributed by atoms with Gasteiger partial charge in [0, 0.05) is 16.6 Å². The van der Waals surface area contributed by atoms with Crippen molar-refractivity contribution in [3.8, 4) is 0 Å². The normalized spacial score (nSPS) is 27.1.